The van der Waals surface area contributed by atoms with Crippen LogP contribution in [-0.2, 0) is 17.8 Å². The minimum Gasteiger partial charge on any atom is -0.480 e. The van der Waals surface area contributed by atoms with Gasteiger partial charge in [-0.2, -0.15) is 0 Å². The highest BCUT2D eigenvalue weighted by Crippen LogP contribution is 2.32. The van der Waals surface area contributed by atoms with Crippen molar-refractivity contribution in [3.8, 4) is 0 Å². The van der Waals surface area contributed by atoms with Gasteiger partial charge in [0.15, 0.2) is 0 Å². The molecule has 0 bridgehead atoms. The molecule has 21 heavy (non-hydrogen) atoms. The van der Waals surface area contributed by atoms with E-state index in [1.165, 1.54) is 0 Å². The number of carbonyl (C=O) groups is 2. The summed E-state index contributed by atoms with van der Waals surface area (Å²) in [7, 11) is 1.77. The molecule has 1 N–H and O–H groups in total. The lowest BCUT2D eigenvalue weighted by Gasteiger charge is -2.16. The number of aromatic nitrogens is 1. The van der Waals surface area contributed by atoms with Gasteiger partial charge in [0.25, 0.3) is 5.91 Å². The number of hydrogen-bond donors (Lipinski definition) is 1. The molecule has 1 aromatic carbocycles. The van der Waals surface area contributed by atoms with Gasteiger partial charge in [0.1, 0.15) is 12.2 Å². The van der Waals surface area contributed by atoms with Crippen molar-refractivity contribution in [2.45, 2.75) is 26.3 Å². The van der Waals surface area contributed by atoms with E-state index in [9.17, 15) is 14.7 Å². The summed E-state index contributed by atoms with van der Waals surface area (Å²) in [4.78, 5) is 25.5. The third kappa shape index (κ3) is 2.09. The zero-order chi connectivity index (χ0) is 15.1. The average molecular weight is 286 g/mol. The van der Waals surface area contributed by atoms with Crippen molar-refractivity contribution in [3.63, 3.8) is 0 Å². The summed E-state index contributed by atoms with van der Waals surface area (Å²) in [5, 5.41) is 10.2. The fourth-order valence-corrected chi connectivity index (χ4v) is 3.23. The first kappa shape index (κ1) is 13.7. The van der Waals surface area contributed by atoms with Crippen LogP contribution in [0.1, 0.15) is 28.0 Å². The fraction of sp³-hybridized carbons (Fsp3) is 0.375. The van der Waals surface area contributed by atoms with Crippen molar-refractivity contribution in [2.24, 2.45) is 0 Å². The van der Waals surface area contributed by atoms with E-state index in [0.29, 0.717) is 12.2 Å². The Balaban J connectivity index is 2.37. The summed E-state index contributed by atoms with van der Waals surface area (Å²) in [6.45, 7) is 2.47. The number of aliphatic carboxylic acids is 1. The van der Waals surface area contributed by atoms with Crippen LogP contribution in [-0.4, -0.2) is 40.0 Å². The number of carboxylic acids is 1. The molecule has 0 fully saturated rings. The normalized spacial score (nSPS) is 15.1. The Morgan fingerprint density at radius 2 is 2.14 bits per heavy atom. The van der Waals surface area contributed by atoms with Gasteiger partial charge in [-0.1, -0.05) is 18.2 Å². The first-order valence-electron chi connectivity index (χ1n) is 7.08. The first-order chi connectivity index (χ1) is 10.0. The molecule has 5 nitrogen and oxygen atoms in total. The van der Waals surface area contributed by atoms with Crippen LogP contribution >= 0.6 is 0 Å². The molecule has 1 aliphatic rings. The third-order valence-corrected chi connectivity index (χ3v) is 4.15. The lowest BCUT2D eigenvalue weighted by molar-refractivity contribution is -0.137. The number of aryl methyl sites for hydroxylation is 2. The number of carboxylic acid groups (broad SMARTS) is 1. The van der Waals surface area contributed by atoms with E-state index in [0.717, 1.165) is 34.9 Å². The van der Waals surface area contributed by atoms with Crippen LogP contribution in [0.25, 0.3) is 10.9 Å². The van der Waals surface area contributed by atoms with Crippen LogP contribution in [0.3, 0.4) is 0 Å². The van der Waals surface area contributed by atoms with Gasteiger partial charge in [-0.25, -0.2) is 0 Å². The summed E-state index contributed by atoms with van der Waals surface area (Å²) in [5.74, 6) is -1.02. The average Bonchev–Trinajstić information content (AvgIpc) is 2.64. The number of benzene rings is 1. The number of amides is 1. The Kier molecular flexibility index (Phi) is 3.20. The monoisotopic (exact) mass is 286 g/mol. The molecule has 3 rings (SSSR count). The number of para-hydroxylation sites is 1. The van der Waals surface area contributed by atoms with E-state index >= 15 is 0 Å². The van der Waals surface area contributed by atoms with Gasteiger partial charge in [0.05, 0.1) is 5.52 Å². The second kappa shape index (κ2) is 4.91. The molecule has 0 saturated carbocycles. The summed E-state index contributed by atoms with van der Waals surface area (Å²) >= 11 is 0. The zero-order valence-corrected chi connectivity index (χ0v) is 12.2. The van der Waals surface area contributed by atoms with Gasteiger partial charge in [-0.05, 0) is 30.9 Å². The maximum absolute atomic E-state index is 12.6. The Hall–Kier alpha value is -2.30. The van der Waals surface area contributed by atoms with Gasteiger partial charge < -0.3 is 14.6 Å². The minimum atomic E-state index is -0.933. The van der Waals surface area contributed by atoms with Gasteiger partial charge in [-0.15, -0.1) is 0 Å². The van der Waals surface area contributed by atoms with Crippen molar-refractivity contribution in [1.29, 1.82) is 0 Å². The molecule has 110 valence electrons. The summed E-state index contributed by atoms with van der Waals surface area (Å²) in [6.07, 6.45) is 1.70. The quantitative estimate of drug-likeness (QED) is 0.919. The molecule has 0 atom stereocenters. The van der Waals surface area contributed by atoms with E-state index in [2.05, 4.69) is 0 Å². The third-order valence-electron chi connectivity index (χ3n) is 4.15. The Morgan fingerprint density at radius 1 is 1.38 bits per heavy atom. The highest BCUT2D eigenvalue weighted by Gasteiger charge is 2.28. The molecule has 0 unspecified atom stereocenters. The molecular formula is C16H18N2O3. The summed E-state index contributed by atoms with van der Waals surface area (Å²) in [6, 6.07) is 5.90. The maximum Gasteiger partial charge on any atom is 0.323 e. The van der Waals surface area contributed by atoms with E-state index in [-0.39, 0.29) is 12.5 Å². The first-order valence-corrected chi connectivity index (χ1v) is 7.08. The lowest BCUT2D eigenvalue weighted by atomic mass is 10.0. The molecule has 0 aliphatic carbocycles. The van der Waals surface area contributed by atoms with Gasteiger partial charge >= 0.3 is 5.97 Å². The predicted octanol–water partition coefficient (Wildman–Crippen LogP) is 2.05. The summed E-state index contributed by atoms with van der Waals surface area (Å²) < 4.78 is 1.67. The van der Waals surface area contributed by atoms with Crippen molar-refractivity contribution in [2.75, 3.05) is 13.6 Å². The number of carbonyl (C=O) groups excluding carboxylic acids is 1. The smallest absolute Gasteiger partial charge is 0.323 e. The molecule has 2 heterocycles. The van der Waals surface area contributed by atoms with Crippen LogP contribution in [0, 0.1) is 6.92 Å². The summed E-state index contributed by atoms with van der Waals surface area (Å²) in [5.41, 5.74) is 3.40. The van der Waals surface area contributed by atoms with E-state index in [1.54, 1.807) is 16.5 Å². The largest absolute Gasteiger partial charge is 0.480 e. The van der Waals surface area contributed by atoms with E-state index in [4.69, 9.17) is 0 Å². The molecular weight excluding hydrogens is 268 g/mol. The lowest BCUT2D eigenvalue weighted by Crippen LogP contribution is -2.29. The zero-order valence-electron chi connectivity index (χ0n) is 12.2. The molecule has 0 saturated heterocycles. The SMILES string of the molecule is Cc1cccc2c3c(n(CC(=O)O)c12)C(=O)N(C)CCC3. The Bertz CT molecular complexity index is 746. The molecule has 5 heteroatoms. The van der Waals surface area contributed by atoms with Crippen LogP contribution in [0.2, 0.25) is 0 Å². The number of hydrogen-bond acceptors (Lipinski definition) is 2. The minimum absolute atomic E-state index is 0.0839. The molecule has 1 aromatic heterocycles. The van der Waals surface area contributed by atoms with Crippen LogP contribution < -0.4 is 0 Å². The standard InChI is InChI=1S/C16H18N2O3/c1-10-5-3-6-11-12-7-4-8-17(2)16(21)15(12)18(14(10)11)9-13(19)20/h3,5-6H,4,7-9H2,1-2H3,(H,19,20). The van der Waals surface area contributed by atoms with Crippen molar-refractivity contribution in [3.05, 3.63) is 35.0 Å². The maximum atomic E-state index is 12.6. The number of fused-ring (bicyclic) bond motifs is 3. The highest BCUT2D eigenvalue weighted by atomic mass is 16.4. The Labute approximate surface area is 122 Å². The van der Waals surface area contributed by atoms with Gasteiger partial charge in [-0.3, -0.25) is 9.59 Å². The molecule has 2 aromatic rings. The Morgan fingerprint density at radius 3 is 2.86 bits per heavy atom. The number of nitrogens with zero attached hydrogens (tertiary/aromatic N) is 2. The molecule has 1 aliphatic heterocycles. The van der Waals surface area contributed by atoms with Crippen LogP contribution in [0.5, 0.6) is 0 Å². The molecule has 0 spiro atoms. The van der Waals surface area contributed by atoms with Crippen molar-refractivity contribution >= 4 is 22.8 Å². The van der Waals surface area contributed by atoms with Crippen molar-refractivity contribution < 1.29 is 14.7 Å². The van der Waals surface area contributed by atoms with E-state index in [1.807, 2.05) is 25.1 Å². The van der Waals surface area contributed by atoms with E-state index < -0.39 is 5.97 Å². The fourth-order valence-electron chi connectivity index (χ4n) is 3.23. The number of rotatable bonds is 2. The van der Waals surface area contributed by atoms with Gasteiger partial charge in [0, 0.05) is 19.0 Å². The van der Waals surface area contributed by atoms with Crippen LogP contribution in [0.4, 0.5) is 0 Å². The predicted molar refractivity (Wildman–Crippen MR) is 79.6 cm³/mol. The molecule has 0 radical (unpaired) electrons. The second-order valence-corrected chi connectivity index (χ2v) is 5.61. The second-order valence-electron chi connectivity index (χ2n) is 5.61. The topological polar surface area (TPSA) is 62.5 Å². The highest BCUT2D eigenvalue weighted by molar-refractivity contribution is 6.03. The van der Waals surface area contributed by atoms with Crippen LogP contribution in [0.15, 0.2) is 18.2 Å². The van der Waals surface area contributed by atoms with Gasteiger partial charge in [0.2, 0.25) is 0 Å². The van der Waals surface area contributed by atoms with Crippen molar-refractivity contribution in [1.82, 2.24) is 9.47 Å². The molecule has 1 amide bonds.